The maximum atomic E-state index is 12.6. The number of amides is 4. The Labute approximate surface area is 207 Å². The highest BCUT2D eigenvalue weighted by atomic mass is 16.5. The van der Waals surface area contributed by atoms with Crippen molar-refractivity contribution in [1.29, 1.82) is 0 Å². The van der Waals surface area contributed by atoms with Gasteiger partial charge in [-0.2, -0.15) is 0 Å². The molecular formula is C27H35N3O5. The van der Waals surface area contributed by atoms with Gasteiger partial charge in [0.05, 0.1) is 12.0 Å². The molecule has 1 aromatic rings. The third-order valence-corrected chi connectivity index (χ3v) is 7.05. The number of urea groups is 1. The second-order valence-electron chi connectivity index (χ2n) is 10.2. The van der Waals surface area contributed by atoms with E-state index in [1.807, 2.05) is 39.0 Å². The van der Waals surface area contributed by atoms with Crippen LogP contribution in [0.3, 0.4) is 0 Å². The molecule has 1 aromatic carbocycles. The molecule has 35 heavy (non-hydrogen) atoms. The normalized spacial score (nSPS) is 18.9. The van der Waals surface area contributed by atoms with Crippen LogP contribution in [0.2, 0.25) is 0 Å². The van der Waals surface area contributed by atoms with Crippen LogP contribution in [-0.4, -0.2) is 60.9 Å². The number of para-hydroxylation sites is 1. The van der Waals surface area contributed by atoms with E-state index >= 15 is 0 Å². The molecule has 8 nitrogen and oxygen atoms in total. The van der Waals surface area contributed by atoms with Gasteiger partial charge in [0, 0.05) is 37.4 Å². The number of hydrogen-bond acceptors (Lipinski definition) is 6. The number of anilines is 1. The van der Waals surface area contributed by atoms with E-state index in [0.717, 1.165) is 26.7 Å². The first-order chi connectivity index (χ1) is 16.3. The fourth-order valence-electron chi connectivity index (χ4n) is 4.27. The molecular weight excluding hydrogens is 446 g/mol. The highest BCUT2D eigenvalue weighted by molar-refractivity contribution is 6.28. The quantitative estimate of drug-likeness (QED) is 0.253. The minimum absolute atomic E-state index is 0.0652. The number of carbonyl (C=O) groups is 4. The number of allylic oxidation sites excluding steroid dienone is 3. The Morgan fingerprint density at radius 2 is 1.63 bits per heavy atom. The van der Waals surface area contributed by atoms with Crippen LogP contribution >= 0.6 is 0 Å². The third kappa shape index (κ3) is 4.74. The summed E-state index contributed by atoms with van der Waals surface area (Å²) in [7, 11) is 2.72. The summed E-state index contributed by atoms with van der Waals surface area (Å²) in [6.07, 6.45) is 4.61. The number of barbiturate groups is 1. The number of esters is 1. The lowest BCUT2D eigenvalue weighted by Crippen LogP contribution is -2.53. The molecule has 0 radical (unpaired) electrons. The Hall–Kier alpha value is -3.42. The lowest BCUT2D eigenvalue weighted by atomic mass is 9.83. The van der Waals surface area contributed by atoms with Crippen LogP contribution in [0.25, 0.3) is 0 Å². The second kappa shape index (κ2) is 9.68. The van der Waals surface area contributed by atoms with Gasteiger partial charge in [-0.05, 0) is 50.5 Å². The molecule has 0 saturated carbocycles. The zero-order chi connectivity index (χ0) is 26.1. The minimum Gasteiger partial charge on any atom is -0.465 e. The average molecular weight is 482 g/mol. The number of hydrogen-bond donors (Lipinski definition) is 0. The van der Waals surface area contributed by atoms with Crippen molar-refractivity contribution >= 4 is 29.5 Å². The van der Waals surface area contributed by atoms with Gasteiger partial charge in [-0.1, -0.05) is 39.0 Å². The molecule has 1 saturated heterocycles. The molecule has 2 heterocycles. The number of ether oxygens (including phenoxy) is 1. The number of rotatable bonds is 7. The predicted molar refractivity (Wildman–Crippen MR) is 134 cm³/mol. The Morgan fingerprint density at radius 3 is 2.23 bits per heavy atom. The van der Waals surface area contributed by atoms with E-state index in [1.54, 1.807) is 6.08 Å². The van der Waals surface area contributed by atoms with Crippen LogP contribution in [0, 0.1) is 5.41 Å². The largest absolute Gasteiger partial charge is 0.465 e. The average Bonchev–Trinajstić information content (AvgIpc) is 3.05. The van der Waals surface area contributed by atoms with Crippen molar-refractivity contribution in [2.24, 2.45) is 5.41 Å². The van der Waals surface area contributed by atoms with Gasteiger partial charge >= 0.3 is 12.0 Å². The number of likely N-dealkylation sites (N-methyl/N-ethyl adjacent to an activating group) is 2. The Kier molecular flexibility index (Phi) is 7.24. The lowest BCUT2D eigenvalue weighted by molar-refractivity contribution is -0.154. The Bertz CT molecular complexity index is 1090. The molecule has 0 N–H and O–H groups in total. The molecule has 0 aliphatic carbocycles. The van der Waals surface area contributed by atoms with E-state index in [-0.39, 0.29) is 17.0 Å². The second-order valence-corrected chi connectivity index (χ2v) is 10.2. The summed E-state index contributed by atoms with van der Waals surface area (Å²) in [5.41, 5.74) is 2.11. The smallest absolute Gasteiger partial charge is 0.333 e. The monoisotopic (exact) mass is 481 g/mol. The van der Waals surface area contributed by atoms with E-state index in [0.29, 0.717) is 26.0 Å². The maximum absolute atomic E-state index is 12.6. The van der Waals surface area contributed by atoms with Crippen molar-refractivity contribution in [3.05, 3.63) is 53.3 Å². The first-order valence-corrected chi connectivity index (χ1v) is 11.9. The number of benzene rings is 1. The zero-order valence-corrected chi connectivity index (χ0v) is 21.7. The SMILES string of the molecule is CCC(C)(C)C(=O)OCCCN1/C(=C/C=C2C(=O)N(C)C(=O)N(C)C2=O)C(C)(C)c2ccccc21. The number of imide groups is 2. The fourth-order valence-corrected chi connectivity index (χ4v) is 4.27. The van der Waals surface area contributed by atoms with Gasteiger partial charge in [-0.15, -0.1) is 0 Å². The van der Waals surface area contributed by atoms with E-state index in [1.165, 1.54) is 20.2 Å². The molecule has 4 amide bonds. The van der Waals surface area contributed by atoms with E-state index in [2.05, 4.69) is 24.8 Å². The summed E-state index contributed by atoms with van der Waals surface area (Å²) >= 11 is 0. The summed E-state index contributed by atoms with van der Waals surface area (Å²) in [6.45, 7) is 10.8. The third-order valence-electron chi connectivity index (χ3n) is 7.05. The van der Waals surface area contributed by atoms with Gasteiger partial charge < -0.3 is 9.64 Å². The van der Waals surface area contributed by atoms with Crippen molar-refractivity contribution in [2.75, 3.05) is 32.1 Å². The van der Waals surface area contributed by atoms with E-state index in [9.17, 15) is 19.2 Å². The molecule has 0 bridgehead atoms. The lowest BCUT2D eigenvalue weighted by Gasteiger charge is -2.29. The molecule has 0 spiro atoms. The predicted octanol–water partition coefficient (Wildman–Crippen LogP) is 4.01. The van der Waals surface area contributed by atoms with Crippen LogP contribution in [0.15, 0.2) is 47.7 Å². The van der Waals surface area contributed by atoms with Gasteiger partial charge in [0.15, 0.2) is 0 Å². The molecule has 0 aromatic heterocycles. The van der Waals surface area contributed by atoms with Crippen molar-refractivity contribution in [3.63, 3.8) is 0 Å². The highest BCUT2D eigenvalue weighted by Gasteiger charge is 2.41. The standard InChI is InChI=1S/C27H35N3O5/c1-8-26(2,3)24(33)35-17-11-16-30-20-13-10-9-12-19(20)27(4,5)21(30)15-14-18-22(31)28(6)25(34)29(7)23(18)32/h9-10,12-15H,8,11,16-17H2,1-7H3/b21-15+. The summed E-state index contributed by atoms with van der Waals surface area (Å²) in [5, 5.41) is 0. The number of carbonyl (C=O) groups excluding carboxylic acids is 4. The first kappa shape index (κ1) is 26.2. The summed E-state index contributed by atoms with van der Waals surface area (Å²) in [6, 6.07) is 7.40. The van der Waals surface area contributed by atoms with E-state index < -0.39 is 23.3 Å². The van der Waals surface area contributed by atoms with Gasteiger partial charge in [-0.25, -0.2) is 4.79 Å². The van der Waals surface area contributed by atoms with E-state index in [4.69, 9.17) is 4.74 Å². The number of fused-ring (bicyclic) bond motifs is 1. The summed E-state index contributed by atoms with van der Waals surface area (Å²) < 4.78 is 5.52. The van der Waals surface area contributed by atoms with Crippen LogP contribution in [-0.2, 0) is 24.5 Å². The number of nitrogens with zero attached hydrogens (tertiary/aromatic N) is 3. The van der Waals surface area contributed by atoms with Crippen LogP contribution in [0.5, 0.6) is 0 Å². The molecule has 3 rings (SSSR count). The van der Waals surface area contributed by atoms with Crippen LogP contribution < -0.4 is 4.90 Å². The highest BCUT2D eigenvalue weighted by Crippen LogP contribution is 2.47. The topological polar surface area (TPSA) is 87.2 Å². The van der Waals surface area contributed by atoms with Crippen molar-refractivity contribution in [2.45, 2.75) is 52.9 Å². The minimum atomic E-state index is -0.652. The summed E-state index contributed by atoms with van der Waals surface area (Å²) in [5.74, 6) is -1.46. The van der Waals surface area contributed by atoms with Crippen LogP contribution in [0.1, 0.15) is 53.0 Å². The maximum Gasteiger partial charge on any atom is 0.333 e. The van der Waals surface area contributed by atoms with Crippen molar-refractivity contribution in [1.82, 2.24) is 9.80 Å². The van der Waals surface area contributed by atoms with Crippen LogP contribution in [0.4, 0.5) is 10.5 Å². The molecule has 1 fully saturated rings. The van der Waals surface area contributed by atoms with Gasteiger partial charge in [-0.3, -0.25) is 24.2 Å². The Morgan fingerprint density at radius 1 is 1.03 bits per heavy atom. The zero-order valence-electron chi connectivity index (χ0n) is 21.7. The first-order valence-electron chi connectivity index (χ1n) is 11.9. The Balaban J connectivity index is 1.88. The van der Waals surface area contributed by atoms with Gasteiger partial charge in [0.1, 0.15) is 5.57 Å². The molecule has 188 valence electrons. The van der Waals surface area contributed by atoms with Crippen molar-refractivity contribution < 1.29 is 23.9 Å². The fraction of sp³-hybridized carbons (Fsp3) is 0.481. The van der Waals surface area contributed by atoms with Crippen molar-refractivity contribution in [3.8, 4) is 0 Å². The molecule has 2 aliphatic rings. The van der Waals surface area contributed by atoms with Gasteiger partial charge in [0.2, 0.25) is 0 Å². The molecule has 8 heteroatoms. The molecule has 0 unspecified atom stereocenters. The molecule has 0 atom stereocenters. The molecule has 2 aliphatic heterocycles. The van der Waals surface area contributed by atoms with Gasteiger partial charge in [0.25, 0.3) is 11.8 Å². The summed E-state index contributed by atoms with van der Waals surface area (Å²) in [4.78, 5) is 53.7.